The van der Waals surface area contributed by atoms with Crippen molar-refractivity contribution in [1.82, 2.24) is 20.4 Å². The first-order chi connectivity index (χ1) is 13.6. The minimum atomic E-state index is -0.368. The van der Waals surface area contributed by atoms with Gasteiger partial charge in [0.2, 0.25) is 0 Å². The number of amides is 1. The highest BCUT2D eigenvalue weighted by molar-refractivity contribution is 5.94. The van der Waals surface area contributed by atoms with Gasteiger partial charge in [-0.2, -0.15) is 0 Å². The Hall–Kier alpha value is -3.43. The van der Waals surface area contributed by atoms with Gasteiger partial charge in [0.15, 0.2) is 11.6 Å². The maximum absolute atomic E-state index is 12.1. The second-order valence-corrected chi connectivity index (χ2v) is 6.32. The Kier molecular flexibility index (Phi) is 6.20. The van der Waals surface area contributed by atoms with Crippen molar-refractivity contribution in [2.45, 2.75) is 19.8 Å². The van der Waals surface area contributed by atoms with E-state index >= 15 is 0 Å². The molecule has 1 unspecified atom stereocenters. The fourth-order valence-corrected chi connectivity index (χ4v) is 3.05. The van der Waals surface area contributed by atoms with E-state index < -0.39 is 0 Å². The predicted octanol–water partition coefficient (Wildman–Crippen LogP) is 0.990. The number of ether oxygens (including phenoxy) is 1. The van der Waals surface area contributed by atoms with Gasteiger partial charge in [0.25, 0.3) is 5.91 Å². The summed E-state index contributed by atoms with van der Waals surface area (Å²) in [6.45, 7) is 3.34. The molecule has 2 aromatic rings. The molecule has 0 aromatic carbocycles. The molecule has 1 fully saturated rings. The number of nitrogens with zero attached hydrogens (tertiary/aromatic N) is 4. The monoisotopic (exact) mass is 385 g/mol. The average Bonchev–Trinajstić information content (AvgIpc) is 2.73. The van der Waals surface area contributed by atoms with Crippen molar-refractivity contribution in [1.29, 1.82) is 0 Å². The first kappa shape index (κ1) is 19.3. The van der Waals surface area contributed by atoms with Crippen molar-refractivity contribution in [2.75, 3.05) is 35.8 Å². The van der Waals surface area contributed by atoms with Crippen LogP contribution in [0.1, 0.15) is 30.1 Å². The van der Waals surface area contributed by atoms with Crippen LogP contribution in [0, 0.1) is 5.92 Å². The van der Waals surface area contributed by atoms with Gasteiger partial charge in [-0.1, -0.05) is 0 Å². The number of esters is 1. The number of rotatable bonds is 6. The standard InChI is InChI=1S/C18H23N7O3/c1-2-28-18(27)13-6-4-8-25(10-13)16-14(19)15(21-11-22-16)23-24-17(26)12-5-3-7-20-9-12/h3,5,7,9,11,13H,2,4,6,8,10,19H2,1H3,(H,24,26)(H,21,22,23). The van der Waals surface area contributed by atoms with Gasteiger partial charge in [-0.3, -0.25) is 25.4 Å². The lowest BCUT2D eigenvalue weighted by molar-refractivity contribution is -0.148. The molecule has 10 heteroatoms. The summed E-state index contributed by atoms with van der Waals surface area (Å²) in [5.41, 5.74) is 12.2. The van der Waals surface area contributed by atoms with Crippen LogP contribution in [0.3, 0.4) is 0 Å². The largest absolute Gasteiger partial charge is 0.466 e. The smallest absolute Gasteiger partial charge is 0.310 e. The van der Waals surface area contributed by atoms with Gasteiger partial charge in [0, 0.05) is 25.5 Å². The van der Waals surface area contributed by atoms with Crippen LogP contribution in [0.4, 0.5) is 17.3 Å². The first-order valence-electron chi connectivity index (χ1n) is 9.08. The Bertz CT molecular complexity index is 831. The number of piperidine rings is 1. The molecule has 10 nitrogen and oxygen atoms in total. The van der Waals surface area contributed by atoms with Crippen molar-refractivity contribution in [3.8, 4) is 0 Å². The second kappa shape index (κ2) is 8.98. The number of hydrogen-bond acceptors (Lipinski definition) is 9. The molecule has 4 N–H and O–H groups in total. The lowest BCUT2D eigenvalue weighted by atomic mass is 9.98. The molecule has 0 aliphatic carbocycles. The van der Waals surface area contributed by atoms with Crippen LogP contribution in [-0.2, 0) is 9.53 Å². The Labute approximate surface area is 162 Å². The van der Waals surface area contributed by atoms with Crippen molar-refractivity contribution in [3.63, 3.8) is 0 Å². The van der Waals surface area contributed by atoms with E-state index in [9.17, 15) is 9.59 Å². The molecular weight excluding hydrogens is 362 g/mol. The number of aromatic nitrogens is 3. The van der Waals surface area contributed by atoms with Gasteiger partial charge in [-0.25, -0.2) is 9.97 Å². The van der Waals surface area contributed by atoms with E-state index in [1.807, 2.05) is 4.90 Å². The third-order valence-corrected chi connectivity index (χ3v) is 4.42. The Morgan fingerprint density at radius 3 is 3.00 bits per heavy atom. The van der Waals surface area contributed by atoms with Gasteiger partial charge in [0.05, 0.1) is 18.1 Å². The van der Waals surface area contributed by atoms with Gasteiger partial charge in [0.1, 0.15) is 12.0 Å². The zero-order valence-electron chi connectivity index (χ0n) is 15.6. The van der Waals surface area contributed by atoms with E-state index in [4.69, 9.17) is 10.5 Å². The molecule has 0 spiro atoms. The molecule has 1 aliphatic heterocycles. The molecular formula is C18H23N7O3. The van der Waals surface area contributed by atoms with Crippen molar-refractivity contribution in [3.05, 3.63) is 36.4 Å². The molecule has 1 amide bonds. The molecule has 0 radical (unpaired) electrons. The molecule has 148 valence electrons. The van der Waals surface area contributed by atoms with Crippen molar-refractivity contribution >= 4 is 29.2 Å². The van der Waals surface area contributed by atoms with E-state index in [0.717, 1.165) is 19.4 Å². The number of nitrogens with one attached hydrogen (secondary N) is 2. The summed E-state index contributed by atoms with van der Waals surface area (Å²) in [5.74, 6) is 0.00213. The fraction of sp³-hybridized carbons (Fsp3) is 0.389. The number of carbonyl (C=O) groups is 2. The highest BCUT2D eigenvalue weighted by atomic mass is 16.5. The topological polar surface area (TPSA) is 135 Å². The number of pyridine rings is 1. The summed E-state index contributed by atoms with van der Waals surface area (Å²) in [6, 6.07) is 3.31. The lowest BCUT2D eigenvalue weighted by Crippen LogP contribution is -2.40. The first-order valence-corrected chi connectivity index (χ1v) is 9.08. The SMILES string of the molecule is CCOC(=O)C1CCCN(c2ncnc(NNC(=O)c3cccnc3)c2N)C1. The van der Waals surface area contributed by atoms with Crippen LogP contribution in [-0.4, -0.2) is 46.5 Å². The van der Waals surface area contributed by atoms with Gasteiger partial charge >= 0.3 is 5.97 Å². The number of hydrazine groups is 1. The minimum Gasteiger partial charge on any atom is -0.466 e. The molecule has 1 aliphatic rings. The molecule has 0 bridgehead atoms. The highest BCUT2D eigenvalue weighted by Crippen LogP contribution is 2.29. The van der Waals surface area contributed by atoms with Crippen molar-refractivity contribution < 1.29 is 14.3 Å². The second-order valence-electron chi connectivity index (χ2n) is 6.32. The molecule has 0 saturated carbocycles. The fourth-order valence-electron chi connectivity index (χ4n) is 3.05. The predicted molar refractivity (Wildman–Crippen MR) is 103 cm³/mol. The molecule has 1 saturated heterocycles. The van der Waals surface area contributed by atoms with Gasteiger partial charge in [-0.05, 0) is 31.9 Å². The number of nitrogen functional groups attached to an aromatic ring is 1. The minimum absolute atomic E-state index is 0.207. The zero-order valence-corrected chi connectivity index (χ0v) is 15.6. The summed E-state index contributed by atoms with van der Waals surface area (Å²) in [6.07, 6.45) is 5.99. The normalized spacial score (nSPS) is 16.3. The summed E-state index contributed by atoms with van der Waals surface area (Å²) in [7, 11) is 0. The zero-order chi connectivity index (χ0) is 19.9. The highest BCUT2D eigenvalue weighted by Gasteiger charge is 2.29. The third kappa shape index (κ3) is 4.45. The lowest BCUT2D eigenvalue weighted by Gasteiger charge is -2.33. The van der Waals surface area contributed by atoms with E-state index in [1.54, 1.807) is 25.3 Å². The van der Waals surface area contributed by atoms with Gasteiger partial charge in [-0.15, -0.1) is 0 Å². The average molecular weight is 385 g/mol. The summed E-state index contributed by atoms with van der Waals surface area (Å²) in [5, 5.41) is 0. The van der Waals surface area contributed by atoms with E-state index in [-0.39, 0.29) is 23.6 Å². The molecule has 2 aromatic heterocycles. The number of hydrogen-bond donors (Lipinski definition) is 3. The number of nitrogens with two attached hydrogens (primary N) is 1. The maximum Gasteiger partial charge on any atom is 0.310 e. The molecule has 3 rings (SSSR count). The number of anilines is 3. The van der Waals surface area contributed by atoms with E-state index in [2.05, 4.69) is 25.8 Å². The molecule has 1 atom stereocenters. The van der Waals surface area contributed by atoms with E-state index in [0.29, 0.717) is 30.2 Å². The van der Waals surface area contributed by atoms with Crippen LogP contribution >= 0.6 is 0 Å². The van der Waals surface area contributed by atoms with Crippen LogP contribution in [0.15, 0.2) is 30.9 Å². The molecule has 28 heavy (non-hydrogen) atoms. The Balaban J connectivity index is 1.68. The quantitative estimate of drug-likeness (QED) is 0.491. The van der Waals surface area contributed by atoms with Crippen LogP contribution < -0.4 is 21.5 Å². The van der Waals surface area contributed by atoms with Crippen LogP contribution in [0.5, 0.6) is 0 Å². The third-order valence-electron chi connectivity index (χ3n) is 4.42. The molecule has 3 heterocycles. The number of carbonyl (C=O) groups excluding carboxylic acids is 2. The van der Waals surface area contributed by atoms with Crippen LogP contribution in [0.25, 0.3) is 0 Å². The summed E-state index contributed by atoms with van der Waals surface area (Å²) < 4.78 is 5.13. The van der Waals surface area contributed by atoms with Crippen molar-refractivity contribution in [2.24, 2.45) is 5.92 Å². The maximum atomic E-state index is 12.1. The van der Waals surface area contributed by atoms with E-state index in [1.165, 1.54) is 12.5 Å². The summed E-state index contributed by atoms with van der Waals surface area (Å²) in [4.78, 5) is 38.4. The van der Waals surface area contributed by atoms with Gasteiger partial charge < -0.3 is 15.4 Å². The Morgan fingerprint density at radius 1 is 1.39 bits per heavy atom. The van der Waals surface area contributed by atoms with Crippen LogP contribution in [0.2, 0.25) is 0 Å². The Morgan fingerprint density at radius 2 is 2.25 bits per heavy atom. The summed E-state index contributed by atoms with van der Waals surface area (Å²) >= 11 is 0.